The predicted molar refractivity (Wildman–Crippen MR) is 132 cm³/mol. The third kappa shape index (κ3) is 4.83. The van der Waals surface area contributed by atoms with Gasteiger partial charge in [0, 0.05) is 5.71 Å². The lowest BCUT2D eigenvalue weighted by atomic mass is 9.71. The molecule has 0 fully saturated rings. The number of hydrogen-bond acceptors (Lipinski definition) is 1. The van der Waals surface area contributed by atoms with Crippen LogP contribution in [-0.4, -0.2) is 5.71 Å². The first kappa shape index (κ1) is 22.3. The fraction of sp³-hybridized carbons (Fsp3) is 0.414. The van der Waals surface area contributed by atoms with Gasteiger partial charge in [-0.05, 0) is 89.0 Å². The summed E-state index contributed by atoms with van der Waals surface area (Å²) in [5, 5.41) is 7.98. The minimum absolute atomic E-state index is 0.271. The molecule has 3 rings (SSSR count). The van der Waals surface area contributed by atoms with Gasteiger partial charge in [0.15, 0.2) is 0 Å². The molecule has 0 aliphatic heterocycles. The van der Waals surface area contributed by atoms with Crippen LogP contribution in [0.3, 0.4) is 0 Å². The van der Waals surface area contributed by atoms with Crippen LogP contribution < -0.4 is 0 Å². The predicted octanol–water partition coefficient (Wildman–Crippen LogP) is 8.11. The van der Waals surface area contributed by atoms with Crippen LogP contribution in [0.4, 0.5) is 0 Å². The van der Waals surface area contributed by atoms with Gasteiger partial charge in [-0.25, -0.2) is 0 Å². The number of rotatable bonds is 8. The quantitative estimate of drug-likeness (QED) is 0.337. The first-order valence-electron chi connectivity index (χ1n) is 11.5. The standard InChI is InChI=1S/C29H37N/c1-7-8-9-10-24-11-13-25(14-12-24)29-18-27-17-28(22(5)21(4)23(6)30)19(2)15-26(27)16-20(29)3/h11-15,17-19,22,28,30H,3-4,7-10,16H2,1-2,5-6H3. The van der Waals surface area contributed by atoms with Crippen molar-refractivity contribution in [2.45, 2.75) is 59.8 Å². The molecule has 0 bridgehead atoms. The summed E-state index contributed by atoms with van der Waals surface area (Å²) in [6.45, 7) is 17.2. The van der Waals surface area contributed by atoms with Gasteiger partial charge in [-0.2, -0.15) is 0 Å². The normalized spacial score (nSPS) is 21.9. The van der Waals surface area contributed by atoms with Crippen LogP contribution >= 0.6 is 0 Å². The van der Waals surface area contributed by atoms with Crippen LogP contribution in [0.25, 0.3) is 5.57 Å². The van der Waals surface area contributed by atoms with Crippen molar-refractivity contribution < 1.29 is 0 Å². The van der Waals surface area contributed by atoms with Crippen molar-refractivity contribution in [2.24, 2.45) is 17.8 Å². The number of unbranched alkanes of at least 4 members (excludes halogenated alkanes) is 2. The van der Waals surface area contributed by atoms with Gasteiger partial charge in [0.05, 0.1) is 0 Å². The van der Waals surface area contributed by atoms with E-state index in [0.717, 1.165) is 12.0 Å². The fourth-order valence-corrected chi connectivity index (χ4v) is 4.77. The Balaban J connectivity index is 1.86. The maximum atomic E-state index is 7.98. The van der Waals surface area contributed by atoms with E-state index >= 15 is 0 Å². The summed E-state index contributed by atoms with van der Waals surface area (Å²) in [7, 11) is 0. The van der Waals surface area contributed by atoms with Gasteiger partial charge in [-0.3, -0.25) is 0 Å². The molecule has 2 aliphatic rings. The molecule has 3 unspecified atom stereocenters. The van der Waals surface area contributed by atoms with E-state index in [1.165, 1.54) is 59.1 Å². The molecule has 30 heavy (non-hydrogen) atoms. The zero-order valence-corrected chi connectivity index (χ0v) is 19.2. The van der Waals surface area contributed by atoms with Gasteiger partial charge in [-0.1, -0.05) is 83.2 Å². The molecular formula is C29H37N. The van der Waals surface area contributed by atoms with E-state index in [2.05, 4.69) is 76.4 Å². The number of aryl methyl sites for hydroxylation is 1. The number of nitrogens with one attached hydrogen (secondary N) is 1. The van der Waals surface area contributed by atoms with E-state index in [1.807, 2.05) is 6.92 Å². The summed E-state index contributed by atoms with van der Waals surface area (Å²) in [5.74, 6) is 1.09. The molecule has 0 radical (unpaired) electrons. The number of allylic oxidation sites excluding steroid dienone is 8. The summed E-state index contributed by atoms with van der Waals surface area (Å²) in [4.78, 5) is 0. The Morgan fingerprint density at radius 3 is 2.50 bits per heavy atom. The summed E-state index contributed by atoms with van der Waals surface area (Å²) in [5.41, 5.74) is 9.43. The Labute approximate surface area is 183 Å². The lowest BCUT2D eigenvalue weighted by Crippen LogP contribution is -2.24. The van der Waals surface area contributed by atoms with Crippen LogP contribution in [0.15, 0.2) is 77.9 Å². The Morgan fingerprint density at radius 2 is 1.87 bits per heavy atom. The molecule has 1 nitrogen and oxygen atoms in total. The van der Waals surface area contributed by atoms with Crippen molar-refractivity contribution in [1.82, 2.24) is 0 Å². The molecular weight excluding hydrogens is 362 g/mol. The number of hydrogen-bond donors (Lipinski definition) is 1. The van der Waals surface area contributed by atoms with Crippen molar-refractivity contribution in [3.63, 3.8) is 0 Å². The van der Waals surface area contributed by atoms with Crippen LogP contribution in [-0.2, 0) is 6.42 Å². The summed E-state index contributed by atoms with van der Waals surface area (Å²) in [6, 6.07) is 9.09. The molecule has 1 aromatic rings. The van der Waals surface area contributed by atoms with Crippen LogP contribution in [0.1, 0.15) is 64.5 Å². The van der Waals surface area contributed by atoms with E-state index in [0.29, 0.717) is 17.5 Å². The monoisotopic (exact) mass is 399 g/mol. The third-order valence-electron chi connectivity index (χ3n) is 6.84. The zero-order chi connectivity index (χ0) is 21.8. The number of benzene rings is 1. The molecule has 1 aromatic carbocycles. The maximum absolute atomic E-state index is 7.98. The lowest BCUT2D eigenvalue weighted by molar-refractivity contribution is 0.402. The van der Waals surface area contributed by atoms with E-state index in [9.17, 15) is 0 Å². The molecule has 0 saturated heterocycles. The average Bonchev–Trinajstić information content (AvgIpc) is 2.72. The first-order chi connectivity index (χ1) is 14.3. The van der Waals surface area contributed by atoms with Gasteiger partial charge in [-0.15, -0.1) is 0 Å². The maximum Gasteiger partial charge on any atom is 0.0311 e. The fourth-order valence-electron chi connectivity index (χ4n) is 4.77. The van der Waals surface area contributed by atoms with E-state index in [1.54, 1.807) is 0 Å². The smallest absolute Gasteiger partial charge is 0.0311 e. The lowest BCUT2D eigenvalue weighted by Gasteiger charge is -2.34. The first-order valence-corrected chi connectivity index (χ1v) is 11.5. The van der Waals surface area contributed by atoms with E-state index in [-0.39, 0.29) is 5.92 Å². The SMILES string of the molecule is C=C1CC2=CC(C)C(C(C)C(=C)C(C)=N)C=C2C=C1c1ccc(CCCCC)cc1. The second-order valence-electron chi connectivity index (χ2n) is 9.18. The third-order valence-corrected chi connectivity index (χ3v) is 6.84. The molecule has 3 atom stereocenters. The van der Waals surface area contributed by atoms with Gasteiger partial charge in [0.25, 0.3) is 0 Å². The highest BCUT2D eigenvalue weighted by molar-refractivity contribution is 5.95. The van der Waals surface area contributed by atoms with Gasteiger partial charge in [0.1, 0.15) is 0 Å². The summed E-state index contributed by atoms with van der Waals surface area (Å²) in [6.07, 6.45) is 13.1. The van der Waals surface area contributed by atoms with Gasteiger partial charge < -0.3 is 5.41 Å². The molecule has 0 aromatic heterocycles. The Bertz CT molecular complexity index is 920. The minimum Gasteiger partial charge on any atom is -0.305 e. The molecule has 0 saturated carbocycles. The Morgan fingerprint density at radius 1 is 1.17 bits per heavy atom. The second kappa shape index (κ2) is 9.60. The molecule has 1 heteroatoms. The highest BCUT2D eigenvalue weighted by Gasteiger charge is 2.29. The molecule has 2 aliphatic carbocycles. The molecule has 158 valence electrons. The largest absolute Gasteiger partial charge is 0.305 e. The molecule has 1 N–H and O–H groups in total. The van der Waals surface area contributed by atoms with Crippen molar-refractivity contribution in [2.75, 3.05) is 0 Å². The van der Waals surface area contributed by atoms with Gasteiger partial charge >= 0.3 is 0 Å². The molecule has 0 heterocycles. The molecule has 0 spiro atoms. The van der Waals surface area contributed by atoms with Crippen LogP contribution in [0.5, 0.6) is 0 Å². The van der Waals surface area contributed by atoms with Crippen molar-refractivity contribution >= 4 is 11.3 Å². The van der Waals surface area contributed by atoms with Crippen molar-refractivity contribution in [3.05, 3.63) is 89.1 Å². The summed E-state index contributed by atoms with van der Waals surface area (Å²) < 4.78 is 0. The van der Waals surface area contributed by atoms with Crippen molar-refractivity contribution in [1.29, 1.82) is 5.41 Å². The van der Waals surface area contributed by atoms with Crippen LogP contribution in [0.2, 0.25) is 0 Å². The van der Waals surface area contributed by atoms with Gasteiger partial charge in [0.2, 0.25) is 0 Å². The second-order valence-corrected chi connectivity index (χ2v) is 9.18. The Kier molecular flexibility index (Phi) is 7.13. The van der Waals surface area contributed by atoms with E-state index < -0.39 is 0 Å². The highest BCUT2D eigenvalue weighted by Crippen LogP contribution is 2.43. The molecule has 0 amide bonds. The van der Waals surface area contributed by atoms with Crippen molar-refractivity contribution in [3.8, 4) is 0 Å². The number of fused-ring (bicyclic) bond motifs is 1. The Hall–Kier alpha value is -2.41. The van der Waals surface area contributed by atoms with E-state index in [4.69, 9.17) is 5.41 Å². The summed E-state index contributed by atoms with van der Waals surface area (Å²) >= 11 is 0. The topological polar surface area (TPSA) is 23.9 Å². The highest BCUT2D eigenvalue weighted by atomic mass is 14.4. The zero-order valence-electron chi connectivity index (χ0n) is 19.2. The van der Waals surface area contributed by atoms with Crippen LogP contribution in [0, 0.1) is 23.2 Å². The average molecular weight is 400 g/mol. The minimum atomic E-state index is 0.271.